The summed E-state index contributed by atoms with van der Waals surface area (Å²) < 4.78 is 14.4. The van der Waals surface area contributed by atoms with Crippen LogP contribution in [0.4, 0.5) is 4.79 Å². The van der Waals surface area contributed by atoms with Gasteiger partial charge in [0.2, 0.25) is 0 Å². The Balaban J connectivity index is 0.829. The number of aryl methyl sites for hydroxylation is 1. The number of hydrogen-bond acceptors (Lipinski definition) is 11. The summed E-state index contributed by atoms with van der Waals surface area (Å²) in [5, 5.41) is 14.5. The van der Waals surface area contributed by atoms with E-state index in [0.29, 0.717) is 31.1 Å². The zero-order valence-electron chi connectivity index (χ0n) is 41.2. The molecule has 1 aliphatic carbocycles. The molecule has 0 spiro atoms. The molecule has 0 radical (unpaired) electrons. The molecule has 2 atom stereocenters. The molecule has 1 aliphatic heterocycles. The van der Waals surface area contributed by atoms with Crippen molar-refractivity contribution in [1.82, 2.24) is 28.7 Å². The van der Waals surface area contributed by atoms with E-state index in [1.807, 2.05) is 109 Å². The van der Waals surface area contributed by atoms with E-state index < -0.39 is 41.3 Å². The number of alkyl halides is 1. The number of aliphatic hydroxyl groups is 1. The first-order chi connectivity index (χ1) is 32.9. The molecule has 3 amide bonds. The number of unbranched alkanes of at least 4 members (excludes halogenated alkanes) is 5. The van der Waals surface area contributed by atoms with Gasteiger partial charge in [0.25, 0.3) is 0 Å². The maximum atomic E-state index is 14.1. The number of rotatable bonds is 19. The number of nitrogens with zero attached hydrogens (tertiary/aromatic N) is 4. The van der Waals surface area contributed by atoms with Gasteiger partial charge in [-0.2, -0.15) is 0 Å². The van der Waals surface area contributed by atoms with Crippen molar-refractivity contribution < 1.29 is 33.8 Å². The van der Waals surface area contributed by atoms with Crippen LogP contribution >= 0.6 is 31.4 Å². The fourth-order valence-corrected chi connectivity index (χ4v) is 14.3. The fourth-order valence-electron chi connectivity index (χ4n) is 9.05. The molecule has 370 valence electrons. The number of aliphatic hydroxyl groups excluding tert-OH is 1. The van der Waals surface area contributed by atoms with E-state index in [9.17, 15) is 24.3 Å². The van der Waals surface area contributed by atoms with Crippen LogP contribution in [-0.2, 0) is 20.9 Å². The summed E-state index contributed by atoms with van der Waals surface area (Å²) in [5.41, 5.74) is 8.45. The number of aromatic nitrogens is 3. The van der Waals surface area contributed by atoms with Gasteiger partial charge in [-0.1, -0.05) is 18.9 Å². The standard InChI is InChI=1S/C54H69IN6O7S/c1-35-49(69-34-59-35)38-21-19-36(20-22-38)31-56-50(64)46-29-40(62)32-61(46)52(66)55(53(2,3)4)60-47(63)18-12-10-8-9-11-15-27-67-41-24-26-43-45(30-41)57-33-58-48(43)39-23-25-42(51(65)68-54(5,6)7)44(28-39)37-16-13-14-17-37/h19-26,28,30,33-34,37,40,46,62H,8-18,27,29,31-32H2,1-7H3,(H,56,64)(H,60,63)/t40-,46+/m1/s1. The van der Waals surface area contributed by atoms with Gasteiger partial charge in [-0.25, -0.2) is 19.7 Å². The van der Waals surface area contributed by atoms with Crippen LogP contribution < -0.4 is 13.6 Å². The number of carbonyl (C=O) groups excluding carboxylic acids is 4. The second kappa shape index (κ2) is 23.3. The van der Waals surface area contributed by atoms with Crippen LogP contribution in [-0.4, -0.2) is 81.0 Å². The third-order valence-corrected chi connectivity index (χ3v) is 19.5. The van der Waals surface area contributed by atoms with Crippen molar-refractivity contribution in [3.8, 4) is 27.4 Å². The summed E-state index contributed by atoms with van der Waals surface area (Å²) in [6.45, 7) is 14.5. The number of halogens is 1. The number of β-amino-alcohol motifs (C(OH)–C–C–N with tert-alkyl or cyclic N) is 1. The van der Waals surface area contributed by atoms with Crippen molar-refractivity contribution in [3.63, 3.8) is 0 Å². The van der Waals surface area contributed by atoms with E-state index in [0.717, 1.165) is 119 Å². The van der Waals surface area contributed by atoms with Gasteiger partial charge in [-0.3, -0.25) is 0 Å². The van der Waals surface area contributed by atoms with Gasteiger partial charge in [-0.15, -0.1) is 0 Å². The summed E-state index contributed by atoms with van der Waals surface area (Å²) in [7, 11) is 0. The third-order valence-electron chi connectivity index (χ3n) is 12.6. The number of hydrogen-bond donors (Lipinski definition) is 3. The number of thiazole rings is 1. The van der Waals surface area contributed by atoms with Crippen LogP contribution in [0.1, 0.15) is 152 Å². The molecular formula is C54H69IN6O7S. The summed E-state index contributed by atoms with van der Waals surface area (Å²) in [4.78, 5) is 70.3. The molecular weight excluding hydrogens is 1000 g/mol. The van der Waals surface area contributed by atoms with Gasteiger partial charge in [0.15, 0.2) is 0 Å². The van der Waals surface area contributed by atoms with Gasteiger partial charge in [0.1, 0.15) is 11.9 Å². The van der Waals surface area contributed by atoms with E-state index in [-0.39, 0.29) is 34.7 Å². The summed E-state index contributed by atoms with van der Waals surface area (Å²) >= 11 is -1.28. The second-order valence-electron chi connectivity index (χ2n) is 20.3. The molecule has 13 nitrogen and oxygen atoms in total. The van der Waals surface area contributed by atoms with Crippen LogP contribution in [0.5, 0.6) is 5.75 Å². The molecule has 5 aromatic rings. The Bertz CT molecular complexity index is 2580. The van der Waals surface area contributed by atoms with Crippen molar-refractivity contribution >= 4 is 64.0 Å². The Kier molecular flexibility index (Phi) is 17.5. The number of nitrogens with one attached hydrogen (secondary N) is 2. The molecule has 3 heterocycles. The van der Waals surface area contributed by atoms with Crippen molar-refractivity contribution in [2.45, 2.75) is 159 Å². The number of fused-ring (bicyclic) bond motifs is 1. The molecule has 69 heavy (non-hydrogen) atoms. The predicted molar refractivity (Wildman–Crippen MR) is 282 cm³/mol. The Morgan fingerprint density at radius 1 is 0.855 bits per heavy atom. The van der Waals surface area contributed by atoms with Gasteiger partial charge >= 0.3 is 250 Å². The Morgan fingerprint density at radius 3 is 2.26 bits per heavy atom. The molecule has 3 aromatic carbocycles. The molecule has 2 fully saturated rings. The van der Waals surface area contributed by atoms with Crippen LogP contribution in [0.25, 0.3) is 32.6 Å². The summed E-state index contributed by atoms with van der Waals surface area (Å²) in [6.07, 6.45) is 11.2. The zero-order valence-corrected chi connectivity index (χ0v) is 44.2. The van der Waals surface area contributed by atoms with Gasteiger partial charge < -0.3 is 4.74 Å². The molecule has 3 N–H and O–H groups in total. The normalized spacial score (nSPS) is 16.7. The van der Waals surface area contributed by atoms with E-state index >= 15 is 0 Å². The minimum absolute atomic E-state index is 0.0695. The first-order valence-corrected chi connectivity index (χ1v) is 28.6. The number of ether oxygens (including phenoxy) is 2. The van der Waals surface area contributed by atoms with E-state index in [1.54, 1.807) is 17.7 Å². The summed E-state index contributed by atoms with van der Waals surface area (Å²) in [5.74, 6) is 0.340. The van der Waals surface area contributed by atoms with Crippen molar-refractivity contribution in [1.29, 1.82) is 0 Å². The first kappa shape index (κ1) is 51.8. The van der Waals surface area contributed by atoms with Crippen LogP contribution in [0, 0.1) is 6.92 Å². The molecule has 2 aliphatic rings. The molecule has 0 unspecified atom stereocenters. The van der Waals surface area contributed by atoms with E-state index in [4.69, 9.17) is 9.47 Å². The molecule has 2 aromatic heterocycles. The molecule has 15 heteroatoms. The SMILES string of the molecule is Cc1ncsc1-c1ccc(CNC(=O)[C@@H]2C[C@@H](O)CN2C(=O)I(NC(=O)CCCCCCCCOc2ccc3c(-c4ccc(C(=O)OC(C)(C)C)c(C5CCCC5)c4)ncnc3c2)C(C)(C)C)cc1. The third kappa shape index (κ3) is 13.9. The van der Waals surface area contributed by atoms with Crippen molar-refractivity contribution in [2.75, 3.05) is 13.2 Å². The number of amides is 3. The number of esters is 1. The maximum absolute atomic E-state index is 14.1. The van der Waals surface area contributed by atoms with Crippen LogP contribution in [0.15, 0.2) is 72.5 Å². The van der Waals surface area contributed by atoms with Crippen LogP contribution in [0.2, 0.25) is 0 Å². The fraction of sp³-hybridized carbons (Fsp3) is 0.500. The van der Waals surface area contributed by atoms with Gasteiger partial charge in [0.05, 0.1) is 22.3 Å². The number of benzene rings is 3. The quantitative estimate of drug-likeness (QED) is 0.0137. The second-order valence-corrected chi connectivity index (χ2v) is 27.4. The van der Waals surface area contributed by atoms with Crippen molar-refractivity contribution in [3.05, 3.63) is 94.9 Å². The molecule has 1 saturated heterocycles. The molecule has 1 saturated carbocycles. The van der Waals surface area contributed by atoms with Gasteiger partial charge in [0, 0.05) is 17.0 Å². The number of likely N-dealkylation sites (tertiary alicyclic amines) is 1. The Morgan fingerprint density at radius 2 is 1.57 bits per heavy atom. The minimum atomic E-state index is -2.87. The van der Waals surface area contributed by atoms with E-state index in [2.05, 4.69) is 29.9 Å². The predicted octanol–water partition coefficient (Wildman–Crippen LogP) is 11.7. The zero-order chi connectivity index (χ0) is 49.3. The Hall–Kier alpha value is -5.00. The summed E-state index contributed by atoms with van der Waals surface area (Å²) in [6, 6.07) is 19.1. The Labute approximate surface area is 418 Å². The average Bonchev–Trinajstić information content (AvgIpc) is 4.10. The van der Waals surface area contributed by atoms with E-state index in [1.165, 1.54) is 4.90 Å². The topological polar surface area (TPSA) is 173 Å². The monoisotopic (exact) mass is 1070 g/mol. The van der Waals surface area contributed by atoms with Gasteiger partial charge in [-0.05, 0) is 76.3 Å². The van der Waals surface area contributed by atoms with Crippen LogP contribution in [0.3, 0.4) is 0 Å². The number of carbonyl (C=O) groups is 4. The van der Waals surface area contributed by atoms with Crippen molar-refractivity contribution in [2.24, 2.45) is 0 Å². The first-order valence-electron chi connectivity index (χ1n) is 24.5. The molecule has 0 bridgehead atoms. The molecule has 7 rings (SSSR count). The average molecular weight is 1070 g/mol.